The van der Waals surface area contributed by atoms with Crippen LogP contribution in [-0.4, -0.2) is 10.9 Å². The van der Waals surface area contributed by atoms with Crippen molar-refractivity contribution in [1.29, 1.82) is 0 Å². The van der Waals surface area contributed by atoms with Crippen molar-refractivity contribution in [3.63, 3.8) is 0 Å². The van der Waals surface area contributed by atoms with Gasteiger partial charge in [0.25, 0.3) is 5.91 Å². The number of hydrogen-bond donors (Lipinski definition) is 2. The number of nitrogens with one attached hydrogen (secondary N) is 1. The number of fused-ring (bicyclic) bond motifs is 1. The lowest BCUT2D eigenvalue weighted by molar-refractivity contribution is 0.0950. The highest BCUT2D eigenvalue weighted by Gasteiger charge is 2.20. The van der Waals surface area contributed by atoms with Gasteiger partial charge in [-0.1, -0.05) is 18.2 Å². The van der Waals surface area contributed by atoms with Gasteiger partial charge in [0.15, 0.2) is 5.76 Å². The third-order valence-corrected chi connectivity index (χ3v) is 3.03. The number of hydrogen-bond acceptors (Lipinski definition) is 5. The van der Waals surface area contributed by atoms with E-state index in [1.807, 2.05) is 12.1 Å². The van der Waals surface area contributed by atoms with Gasteiger partial charge in [0.05, 0.1) is 11.8 Å². The molecule has 0 aliphatic carbocycles. The highest BCUT2D eigenvalue weighted by molar-refractivity contribution is 6.07. The van der Waals surface area contributed by atoms with Crippen LogP contribution in [0.2, 0.25) is 0 Å². The summed E-state index contributed by atoms with van der Waals surface area (Å²) in [5.41, 5.74) is 3.13. The standard InChI is InChI=1S/C15H13N3O3/c16-18-15(19)14-11-5-1-2-6-12(11)21-13(14)9-20-10-4-3-7-17-8-10/h1-8H,9,16H2,(H,18,19). The van der Waals surface area contributed by atoms with Gasteiger partial charge in [-0.3, -0.25) is 15.2 Å². The van der Waals surface area contributed by atoms with Crippen molar-refractivity contribution < 1.29 is 13.9 Å². The van der Waals surface area contributed by atoms with Gasteiger partial charge in [-0.05, 0) is 18.2 Å². The maximum Gasteiger partial charge on any atom is 0.269 e. The van der Waals surface area contributed by atoms with Crippen LogP contribution in [0.3, 0.4) is 0 Å². The van der Waals surface area contributed by atoms with Gasteiger partial charge in [0, 0.05) is 11.6 Å². The number of nitrogens with two attached hydrogens (primary N) is 1. The van der Waals surface area contributed by atoms with Crippen LogP contribution < -0.4 is 16.0 Å². The van der Waals surface area contributed by atoms with Gasteiger partial charge >= 0.3 is 0 Å². The lowest BCUT2D eigenvalue weighted by atomic mass is 10.1. The van der Waals surface area contributed by atoms with E-state index in [0.29, 0.717) is 28.0 Å². The fourth-order valence-corrected chi connectivity index (χ4v) is 2.10. The Morgan fingerprint density at radius 2 is 2.14 bits per heavy atom. The zero-order valence-electron chi connectivity index (χ0n) is 11.1. The van der Waals surface area contributed by atoms with Crippen LogP contribution in [-0.2, 0) is 6.61 Å². The Hall–Kier alpha value is -2.86. The first-order chi connectivity index (χ1) is 10.3. The summed E-state index contributed by atoms with van der Waals surface area (Å²) in [5, 5.41) is 0.699. The first kappa shape index (κ1) is 13.1. The van der Waals surface area contributed by atoms with Crippen molar-refractivity contribution in [2.75, 3.05) is 0 Å². The Bertz CT molecular complexity index is 768. The predicted octanol–water partition coefficient (Wildman–Crippen LogP) is 2.01. The van der Waals surface area contributed by atoms with Crippen LogP contribution in [0.1, 0.15) is 16.1 Å². The molecule has 0 aliphatic rings. The first-order valence-corrected chi connectivity index (χ1v) is 6.34. The zero-order chi connectivity index (χ0) is 14.7. The summed E-state index contributed by atoms with van der Waals surface area (Å²) in [6.07, 6.45) is 3.24. The fourth-order valence-electron chi connectivity index (χ4n) is 2.10. The number of furan rings is 1. The smallest absolute Gasteiger partial charge is 0.269 e. The number of aromatic nitrogens is 1. The molecule has 1 aromatic carbocycles. The van der Waals surface area contributed by atoms with E-state index in [0.717, 1.165) is 0 Å². The number of benzene rings is 1. The lowest BCUT2D eigenvalue weighted by Crippen LogP contribution is -2.30. The molecule has 2 heterocycles. The molecule has 3 N–H and O–H groups in total. The summed E-state index contributed by atoms with van der Waals surface area (Å²) in [6.45, 7) is 0.114. The quantitative estimate of drug-likeness (QED) is 0.434. The third-order valence-electron chi connectivity index (χ3n) is 3.03. The Kier molecular flexibility index (Phi) is 3.53. The molecule has 0 saturated carbocycles. The second kappa shape index (κ2) is 5.64. The van der Waals surface area contributed by atoms with Crippen LogP contribution in [0.4, 0.5) is 0 Å². The second-order valence-electron chi connectivity index (χ2n) is 4.35. The van der Waals surface area contributed by atoms with E-state index in [1.165, 1.54) is 0 Å². The van der Waals surface area contributed by atoms with Gasteiger partial charge in [-0.15, -0.1) is 0 Å². The highest BCUT2D eigenvalue weighted by Crippen LogP contribution is 2.26. The van der Waals surface area contributed by atoms with E-state index in [2.05, 4.69) is 10.4 Å². The summed E-state index contributed by atoms with van der Waals surface area (Å²) in [4.78, 5) is 15.9. The van der Waals surface area contributed by atoms with E-state index in [4.69, 9.17) is 15.0 Å². The van der Waals surface area contributed by atoms with Gasteiger partial charge < -0.3 is 9.15 Å². The van der Waals surface area contributed by atoms with E-state index >= 15 is 0 Å². The Morgan fingerprint density at radius 3 is 2.90 bits per heavy atom. The second-order valence-corrected chi connectivity index (χ2v) is 4.35. The van der Waals surface area contributed by atoms with E-state index in [9.17, 15) is 4.79 Å². The molecule has 3 rings (SSSR count). The molecule has 0 radical (unpaired) electrons. The van der Waals surface area contributed by atoms with E-state index < -0.39 is 5.91 Å². The summed E-state index contributed by atoms with van der Waals surface area (Å²) in [7, 11) is 0. The van der Waals surface area contributed by atoms with Crippen LogP contribution >= 0.6 is 0 Å². The van der Waals surface area contributed by atoms with Crippen molar-refractivity contribution in [2.45, 2.75) is 6.61 Å². The van der Waals surface area contributed by atoms with E-state index in [-0.39, 0.29) is 6.61 Å². The van der Waals surface area contributed by atoms with Crippen molar-refractivity contribution >= 4 is 16.9 Å². The molecule has 0 spiro atoms. The van der Waals surface area contributed by atoms with Crippen LogP contribution in [0, 0.1) is 0 Å². The monoisotopic (exact) mass is 283 g/mol. The van der Waals surface area contributed by atoms with Crippen LogP contribution in [0.15, 0.2) is 53.2 Å². The predicted molar refractivity (Wildman–Crippen MR) is 76.4 cm³/mol. The Morgan fingerprint density at radius 1 is 1.29 bits per heavy atom. The van der Waals surface area contributed by atoms with Gasteiger partial charge in [-0.25, -0.2) is 5.84 Å². The average Bonchev–Trinajstić information content (AvgIpc) is 2.91. The molecule has 0 aliphatic heterocycles. The van der Waals surface area contributed by atoms with Crippen molar-refractivity contribution in [3.8, 4) is 5.75 Å². The molecule has 6 nitrogen and oxygen atoms in total. The number of amides is 1. The molecule has 3 aromatic rings. The summed E-state index contributed by atoms with van der Waals surface area (Å²) < 4.78 is 11.3. The number of carbonyl (C=O) groups is 1. The zero-order valence-corrected chi connectivity index (χ0v) is 11.1. The molecule has 0 fully saturated rings. The normalized spacial score (nSPS) is 10.5. The number of pyridine rings is 1. The molecule has 1 amide bonds. The van der Waals surface area contributed by atoms with E-state index in [1.54, 1.807) is 36.7 Å². The number of hydrazine groups is 1. The first-order valence-electron chi connectivity index (χ1n) is 6.34. The molecular formula is C15H13N3O3. The number of ether oxygens (including phenoxy) is 1. The minimum absolute atomic E-state index is 0.114. The number of nitrogen functional groups attached to an aromatic ring is 1. The van der Waals surface area contributed by atoms with Crippen LogP contribution in [0.5, 0.6) is 5.75 Å². The summed E-state index contributed by atoms with van der Waals surface area (Å²) in [5.74, 6) is 5.84. The largest absolute Gasteiger partial charge is 0.484 e. The van der Waals surface area contributed by atoms with Crippen molar-refractivity contribution in [3.05, 3.63) is 60.1 Å². The minimum atomic E-state index is -0.412. The Balaban J connectivity index is 1.95. The molecule has 0 saturated heterocycles. The molecule has 21 heavy (non-hydrogen) atoms. The van der Waals surface area contributed by atoms with Crippen LogP contribution in [0.25, 0.3) is 11.0 Å². The van der Waals surface area contributed by atoms with Crippen molar-refractivity contribution in [2.24, 2.45) is 5.84 Å². The highest BCUT2D eigenvalue weighted by atomic mass is 16.5. The molecule has 0 bridgehead atoms. The van der Waals surface area contributed by atoms with Gasteiger partial charge in [0.2, 0.25) is 0 Å². The number of para-hydroxylation sites is 1. The fraction of sp³-hybridized carbons (Fsp3) is 0.0667. The van der Waals surface area contributed by atoms with Gasteiger partial charge in [0.1, 0.15) is 17.9 Å². The topological polar surface area (TPSA) is 90.4 Å². The molecule has 0 atom stereocenters. The molecular weight excluding hydrogens is 270 g/mol. The molecule has 0 unspecified atom stereocenters. The maximum atomic E-state index is 12.0. The average molecular weight is 283 g/mol. The summed E-state index contributed by atoms with van der Waals surface area (Å²) >= 11 is 0. The SMILES string of the molecule is NNC(=O)c1c(COc2cccnc2)oc2ccccc12. The molecule has 6 heteroatoms. The number of carbonyl (C=O) groups excluding carboxylic acids is 1. The maximum absolute atomic E-state index is 12.0. The number of rotatable bonds is 4. The summed E-state index contributed by atoms with van der Waals surface area (Å²) in [6, 6.07) is 10.8. The third kappa shape index (κ3) is 2.56. The number of nitrogens with zero attached hydrogens (tertiary/aromatic N) is 1. The lowest BCUT2D eigenvalue weighted by Gasteiger charge is -2.05. The van der Waals surface area contributed by atoms with Crippen molar-refractivity contribution in [1.82, 2.24) is 10.4 Å². The molecule has 106 valence electrons. The minimum Gasteiger partial charge on any atom is -0.484 e. The van der Waals surface area contributed by atoms with Gasteiger partial charge in [-0.2, -0.15) is 0 Å². The Labute approximate surface area is 120 Å². The molecule has 2 aromatic heterocycles.